The first-order valence-electron chi connectivity index (χ1n) is 7.96. The molecule has 0 atom stereocenters. The molecule has 0 spiro atoms. The predicted molar refractivity (Wildman–Crippen MR) is 90.6 cm³/mol. The third-order valence-electron chi connectivity index (χ3n) is 3.98. The molecule has 0 bridgehead atoms. The van der Waals surface area contributed by atoms with E-state index in [1.807, 2.05) is 4.90 Å². The number of carbonyl (C=O) groups excluding carboxylic acids is 2. The molecular formula is C17H18FN5O2. The van der Waals surface area contributed by atoms with Gasteiger partial charge in [0.15, 0.2) is 11.6 Å². The number of halogens is 1. The van der Waals surface area contributed by atoms with Crippen LogP contribution in [0.3, 0.4) is 0 Å². The zero-order valence-electron chi connectivity index (χ0n) is 13.6. The van der Waals surface area contributed by atoms with Crippen molar-refractivity contribution in [1.82, 2.24) is 15.1 Å². The summed E-state index contributed by atoms with van der Waals surface area (Å²) in [4.78, 5) is 26.5. The number of amides is 2. The van der Waals surface area contributed by atoms with Crippen molar-refractivity contribution in [2.24, 2.45) is 0 Å². The maximum absolute atomic E-state index is 12.9. The third kappa shape index (κ3) is 4.50. The Kier molecular flexibility index (Phi) is 5.17. The van der Waals surface area contributed by atoms with Crippen LogP contribution in [-0.2, 0) is 16.0 Å². The van der Waals surface area contributed by atoms with Crippen molar-refractivity contribution in [3.05, 3.63) is 47.8 Å². The summed E-state index contributed by atoms with van der Waals surface area (Å²) >= 11 is 0. The Morgan fingerprint density at radius 2 is 1.80 bits per heavy atom. The van der Waals surface area contributed by atoms with E-state index in [0.717, 1.165) is 12.0 Å². The van der Waals surface area contributed by atoms with Crippen molar-refractivity contribution in [2.45, 2.75) is 6.42 Å². The van der Waals surface area contributed by atoms with Gasteiger partial charge in [-0.25, -0.2) is 4.39 Å². The van der Waals surface area contributed by atoms with Gasteiger partial charge in [0.2, 0.25) is 12.3 Å². The van der Waals surface area contributed by atoms with E-state index < -0.39 is 0 Å². The van der Waals surface area contributed by atoms with Gasteiger partial charge in [0.25, 0.3) is 0 Å². The van der Waals surface area contributed by atoms with Crippen LogP contribution in [0.4, 0.5) is 16.0 Å². The predicted octanol–water partition coefficient (Wildman–Crippen LogP) is 1.08. The summed E-state index contributed by atoms with van der Waals surface area (Å²) in [6.45, 7) is 2.70. The molecule has 1 fully saturated rings. The van der Waals surface area contributed by atoms with Gasteiger partial charge >= 0.3 is 0 Å². The number of nitrogens with zero attached hydrogens (tertiary/aromatic N) is 4. The fourth-order valence-electron chi connectivity index (χ4n) is 2.59. The fraction of sp³-hybridized carbons (Fsp3) is 0.294. The molecule has 1 saturated heterocycles. The SMILES string of the molecule is O=CN1CCN(c2ccc(NC(=O)Cc3ccc(F)cc3)nn2)CC1. The molecule has 0 unspecified atom stereocenters. The maximum Gasteiger partial charge on any atom is 0.229 e. The van der Waals surface area contributed by atoms with Crippen LogP contribution in [0, 0.1) is 5.82 Å². The highest BCUT2D eigenvalue weighted by Gasteiger charge is 2.17. The normalized spacial score (nSPS) is 14.3. The Morgan fingerprint density at radius 3 is 2.40 bits per heavy atom. The molecule has 130 valence electrons. The Bertz CT molecular complexity index is 728. The fourth-order valence-corrected chi connectivity index (χ4v) is 2.59. The Balaban J connectivity index is 1.54. The van der Waals surface area contributed by atoms with E-state index in [1.165, 1.54) is 12.1 Å². The van der Waals surface area contributed by atoms with Gasteiger partial charge in [-0.1, -0.05) is 12.1 Å². The van der Waals surface area contributed by atoms with E-state index in [9.17, 15) is 14.0 Å². The number of hydrogen-bond acceptors (Lipinski definition) is 5. The molecule has 1 aromatic carbocycles. The third-order valence-corrected chi connectivity index (χ3v) is 3.98. The van der Waals surface area contributed by atoms with Crippen LogP contribution in [0.25, 0.3) is 0 Å². The van der Waals surface area contributed by atoms with Crippen molar-refractivity contribution in [2.75, 3.05) is 36.4 Å². The van der Waals surface area contributed by atoms with Crippen molar-refractivity contribution in [3.63, 3.8) is 0 Å². The molecule has 2 aromatic rings. The molecule has 1 aliphatic rings. The lowest BCUT2D eigenvalue weighted by molar-refractivity contribution is -0.118. The van der Waals surface area contributed by atoms with Crippen LogP contribution in [-0.4, -0.2) is 53.6 Å². The van der Waals surface area contributed by atoms with Crippen LogP contribution < -0.4 is 10.2 Å². The van der Waals surface area contributed by atoms with Crippen molar-refractivity contribution in [1.29, 1.82) is 0 Å². The molecule has 1 aromatic heterocycles. The second-order valence-corrected chi connectivity index (χ2v) is 5.76. The van der Waals surface area contributed by atoms with Gasteiger partial charge < -0.3 is 15.1 Å². The van der Waals surface area contributed by atoms with Crippen LogP contribution in [0.5, 0.6) is 0 Å². The molecule has 2 amide bonds. The van der Waals surface area contributed by atoms with Crippen molar-refractivity contribution >= 4 is 24.0 Å². The van der Waals surface area contributed by atoms with E-state index in [1.54, 1.807) is 29.2 Å². The Hall–Kier alpha value is -3.03. The average Bonchev–Trinajstić information content (AvgIpc) is 2.64. The zero-order chi connectivity index (χ0) is 17.6. The lowest BCUT2D eigenvalue weighted by Gasteiger charge is -2.32. The van der Waals surface area contributed by atoms with Crippen LogP contribution in [0.1, 0.15) is 5.56 Å². The molecular weight excluding hydrogens is 325 g/mol. The molecule has 7 nitrogen and oxygen atoms in total. The van der Waals surface area contributed by atoms with Crippen LogP contribution in [0.15, 0.2) is 36.4 Å². The number of aromatic nitrogens is 2. The van der Waals surface area contributed by atoms with Gasteiger partial charge in [-0.2, -0.15) is 0 Å². The lowest BCUT2D eigenvalue weighted by atomic mass is 10.1. The molecule has 0 aliphatic carbocycles. The number of rotatable bonds is 5. The molecule has 1 N–H and O–H groups in total. The topological polar surface area (TPSA) is 78.4 Å². The maximum atomic E-state index is 12.9. The molecule has 8 heteroatoms. The summed E-state index contributed by atoms with van der Waals surface area (Å²) in [6.07, 6.45) is 0.986. The lowest BCUT2D eigenvalue weighted by Crippen LogP contribution is -2.46. The molecule has 3 rings (SSSR count). The first kappa shape index (κ1) is 16.8. The van der Waals surface area contributed by atoms with Gasteiger partial charge in [0, 0.05) is 26.2 Å². The number of carbonyl (C=O) groups is 2. The summed E-state index contributed by atoms with van der Waals surface area (Å²) in [5, 5.41) is 10.8. The van der Waals surface area contributed by atoms with E-state index in [0.29, 0.717) is 37.8 Å². The monoisotopic (exact) mass is 343 g/mol. The summed E-state index contributed by atoms with van der Waals surface area (Å²) < 4.78 is 12.9. The first-order chi connectivity index (χ1) is 12.1. The van der Waals surface area contributed by atoms with E-state index in [-0.39, 0.29) is 18.1 Å². The molecule has 25 heavy (non-hydrogen) atoms. The minimum absolute atomic E-state index is 0.136. The van der Waals surface area contributed by atoms with Crippen molar-refractivity contribution < 1.29 is 14.0 Å². The van der Waals surface area contributed by atoms with E-state index >= 15 is 0 Å². The van der Waals surface area contributed by atoms with Gasteiger partial charge in [-0.3, -0.25) is 9.59 Å². The molecule has 2 heterocycles. The Morgan fingerprint density at radius 1 is 1.08 bits per heavy atom. The molecule has 0 saturated carbocycles. The zero-order valence-corrected chi connectivity index (χ0v) is 13.6. The van der Waals surface area contributed by atoms with Crippen LogP contribution in [0.2, 0.25) is 0 Å². The quantitative estimate of drug-likeness (QED) is 0.822. The largest absolute Gasteiger partial charge is 0.352 e. The minimum Gasteiger partial charge on any atom is -0.352 e. The second kappa shape index (κ2) is 7.69. The summed E-state index contributed by atoms with van der Waals surface area (Å²) in [6, 6.07) is 9.27. The highest BCUT2D eigenvalue weighted by Crippen LogP contribution is 2.14. The highest BCUT2D eigenvalue weighted by atomic mass is 19.1. The van der Waals surface area contributed by atoms with Crippen LogP contribution >= 0.6 is 0 Å². The van der Waals surface area contributed by atoms with Gasteiger partial charge in [0.1, 0.15) is 5.82 Å². The number of benzene rings is 1. The minimum atomic E-state index is -0.334. The molecule has 1 aliphatic heterocycles. The molecule has 0 radical (unpaired) electrons. The summed E-state index contributed by atoms with van der Waals surface area (Å²) in [5.41, 5.74) is 0.719. The van der Waals surface area contributed by atoms with Gasteiger partial charge in [-0.15, -0.1) is 10.2 Å². The second-order valence-electron chi connectivity index (χ2n) is 5.76. The number of piperazine rings is 1. The average molecular weight is 343 g/mol. The summed E-state index contributed by atoms with van der Waals surface area (Å²) in [5.74, 6) is 0.498. The Labute approximate surface area is 144 Å². The van der Waals surface area contributed by atoms with Gasteiger partial charge in [-0.05, 0) is 29.8 Å². The first-order valence-corrected chi connectivity index (χ1v) is 7.96. The van der Waals surface area contributed by atoms with Crippen molar-refractivity contribution in [3.8, 4) is 0 Å². The smallest absolute Gasteiger partial charge is 0.229 e. The van der Waals surface area contributed by atoms with E-state index in [4.69, 9.17) is 0 Å². The number of anilines is 2. The highest BCUT2D eigenvalue weighted by molar-refractivity contribution is 5.91. The number of nitrogens with one attached hydrogen (secondary N) is 1. The van der Waals surface area contributed by atoms with Gasteiger partial charge in [0.05, 0.1) is 6.42 Å². The summed E-state index contributed by atoms with van der Waals surface area (Å²) in [7, 11) is 0. The number of hydrogen-bond donors (Lipinski definition) is 1. The standard InChI is InChI=1S/C17H18FN5O2/c18-14-3-1-13(2-4-14)11-17(25)19-15-5-6-16(21-20-15)23-9-7-22(12-24)8-10-23/h1-6,12H,7-11H2,(H,19,20,25). The van der Waals surface area contributed by atoms with E-state index in [2.05, 4.69) is 15.5 Å².